The molecular formula is C21H18N4O2. The quantitative estimate of drug-likeness (QED) is 0.607. The summed E-state index contributed by atoms with van der Waals surface area (Å²) in [5.41, 5.74) is 11.6. The lowest BCUT2D eigenvalue weighted by molar-refractivity contribution is 0.333. The number of ether oxygens (including phenoxy) is 2. The molecule has 0 bridgehead atoms. The molecule has 6 heteroatoms. The fraction of sp³-hybridized carbons (Fsp3) is 0.143. The minimum absolute atomic E-state index is 0.0744. The first-order valence-electron chi connectivity index (χ1n) is 8.76. The Bertz CT molecular complexity index is 1140. The van der Waals surface area contributed by atoms with Crippen molar-refractivity contribution in [2.45, 2.75) is 6.04 Å². The SMILES string of the molecule is COc1ccc2nc(-c3ccc4c(c3)OCC4N)c(-c3ccccc3)n2n1. The molecule has 2 aromatic heterocycles. The molecule has 0 radical (unpaired) electrons. The van der Waals surface area contributed by atoms with Crippen LogP contribution in [0.2, 0.25) is 0 Å². The molecule has 0 fully saturated rings. The number of hydrogen-bond donors (Lipinski definition) is 1. The smallest absolute Gasteiger partial charge is 0.231 e. The summed E-state index contributed by atoms with van der Waals surface area (Å²) in [5, 5.41) is 4.58. The fourth-order valence-electron chi connectivity index (χ4n) is 3.46. The van der Waals surface area contributed by atoms with Crippen molar-refractivity contribution in [2.75, 3.05) is 13.7 Å². The molecule has 5 rings (SSSR count). The predicted octanol–water partition coefficient (Wildman–Crippen LogP) is 3.46. The number of fused-ring (bicyclic) bond motifs is 2. The molecular weight excluding hydrogens is 340 g/mol. The Labute approximate surface area is 156 Å². The largest absolute Gasteiger partial charge is 0.491 e. The van der Waals surface area contributed by atoms with Crippen molar-refractivity contribution in [3.63, 3.8) is 0 Å². The highest BCUT2D eigenvalue weighted by Crippen LogP contribution is 2.38. The van der Waals surface area contributed by atoms with Gasteiger partial charge in [0.1, 0.15) is 18.1 Å². The maximum atomic E-state index is 6.08. The molecule has 27 heavy (non-hydrogen) atoms. The minimum atomic E-state index is -0.0744. The number of nitrogens with zero attached hydrogens (tertiary/aromatic N) is 3. The van der Waals surface area contributed by atoms with Gasteiger partial charge in [0.25, 0.3) is 0 Å². The monoisotopic (exact) mass is 358 g/mol. The maximum absolute atomic E-state index is 6.08. The van der Waals surface area contributed by atoms with Crippen LogP contribution in [-0.4, -0.2) is 28.3 Å². The Morgan fingerprint density at radius 3 is 2.74 bits per heavy atom. The molecule has 6 nitrogen and oxygen atoms in total. The summed E-state index contributed by atoms with van der Waals surface area (Å²) in [7, 11) is 1.61. The molecule has 1 aliphatic heterocycles. The van der Waals surface area contributed by atoms with E-state index >= 15 is 0 Å². The van der Waals surface area contributed by atoms with Crippen molar-refractivity contribution >= 4 is 5.65 Å². The third-order valence-corrected chi connectivity index (χ3v) is 4.81. The molecule has 0 amide bonds. The average Bonchev–Trinajstić information content (AvgIpc) is 3.28. The average molecular weight is 358 g/mol. The van der Waals surface area contributed by atoms with Gasteiger partial charge in [-0.1, -0.05) is 42.5 Å². The van der Waals surface area contributed by atoms with Crippen LogP contribution >= 0.6 is 0 Å². The molecule has 0 spiro atoms. The van der Waals surface area contributed by atoms with Crippen molar-refractivity contribution < 1.29 is 9.47 Å². The van der Waals surface area contributed by atoms with Crippen LogP contribution < -0.4 is 15.2 Å². The van der Waals surface area contributed by atoms with Crippen LogP contribution in [0.1, 0.15) is 11.6 Å². The van der Waals surface area contributed by atoms with Gasteiger partial charge in [-0.25, -0.2) is 9.50 Å². The summed E-state index contributed by atoms with van der Waals surface area (Å²) in [6.07, 6.45) is 0. The second-order valence-electron chi connectivity index (χ2n) is 6.49. The summed E-state index contributed by atoms with van der Waals surface area (Å²) < 4.78 is 12.9. The topological polar surface area (TPSA) is 74.7 Å². The van der Waals surface area contributed by atoms with Crippen molar-refractivity contribution in [1.82, 2.24) is 14.6 Å². The van der Waals surface area contributed by atoms with Crippen LogP contribution in [-0.2, 0) is 0 Å². The van der Waals surface area contributed by atoms with E-state index < -0.39 is 0 Å². The zero-order valence-corrected chi connectivity index (χ0v) is 14.8. The van der Waals surface area contributed by atoms with E-state index in [1.165, 1.54) is 0 Å². The van der Waals surface area contributed by atoms with Gasteiger partial charge >= 0.3 is 0 Å². The van der Waals surface area contributed by atoms with Gasteiger partial charge in [0.15, 0.2) is 5.65 Å². The zero-order valence-electron chi connectivity index (χ0n) is 14.8. The van der Waals surface area contributed by atoms with Crippen molar-refractivity contribution in [3.05, 3.63) is 66.2 Å². The number of hydrogen-bond acceptors (Lipinski definition) is 5. The molecule has 1 aliphatic rings. The van der Waals surface area contributed by atoms with Crippen LogP contribution in [0.4, 0.5) is 0 Å². The molecule has 3 heterocycles. The summed E-state index contributed by atoms with van der Waals surface area (Å²) in [6, 6.07) is 19.8. The van der Waals surface area contributed by atoms with Gasteiger partial charge in [0.2, 0.25) is 5.88 Å². The van der Waals surface area contributed by atoms with E-state index in [9.17, 15) is 0 Å². The molecule has 2 aromatic carbocycles. The summed E-state index contributed by atoms with van der Waals surface area (Å²) in [6.45, 7) is 0.508. The van der Waals surface area contributed by atoms with Gasteiger partial charge in [-0.3, -0.25) is 0 Å². The lowest BCUT2D eigenvalue weighted by atomic mass is 10.0. The van der Waals surface area contributed by atoms with Gasteiger partial charge in [-0.2, -0.15) is 0 Å². The highest BCUT2D eigenvalue weighted by molar-refractivity contribution is 5.82. The Balaban J connectivity index is 1.77. The van der Waals surface area contributed by atoms with Crippen LogP contribution in [0.25, 0.3) is 28.2 Å². The Morgan fingerprint density at radius 2 is 1.93 bits per heavy atom. The van der Waals surface area contributed by atoms with Gasteiger partial charge in [0.05, 0.1) is 18.8 Å². The van der Waals surface area contributed by atoms with Gasteiger partial charge in [0, 0.05) is 22.8 Å². The molecule has 134 valence electrons. The summed E-state index contributed by atoms with van der Waals surface area (Å²) in [4.78, 5) is 4.84. The highest BCUT2D eigenvalue weighted by Gasteiger charge is 2.23. The third-order valence-electron chi connectivity index (χ3n) is 4.81. The van der Waals surface area contributed by atoms with E-state index in [0.717, 1.165) is 39.5 Å². The second kappa shape index (κ2) is 6.10. The van der Waals surface area contributed by atoms with E-state index in [-0.39, 0.29) is 6.04 Å². The standard InChI is InChI=1S/C21H18N4O2/c1-26-19-10-9-18-23-20(14-7-8-15-16(22)12-27-17(15)11-14)21(25(18)24-19)13-5-3-2-4-6-13/h2-11,16H,12,22H2,1H3. The van der Waals surface area contributed by atoms with Gasteiger partial charge in [-0.05, 0) is 12.1 Å². The van der Waals surface area contributed by atoms with E-state index in [1.807, 2.05) is 65.2 Å². The first-order chi connectivity index (χ1) is 13.2. The number of nitrogens with two attached hydrogens (primary N) is 1. The van der Waals surface area contributed by atoms with Crippen molar-refractivity contribution in [1.29, 1.82) is 0 Å². The number of methoxy groups -OCH3 is 1. The van der Waals surface area contributed by atoms with Crippen LogP contribution in [0.3, 0.4) is 0 Å². The van der Waals surface area contributed by atoms with Gasteiger partial charge in [-0.15, -0.1) is 5.10 Å². The van der Waals surface area contributed by atoms with E-state index in [1.54, 1.807) is 7.11 Å². The summed E-state index contributed by atoms with van der Waals surface area (Å²) in [5.74, 6) is 1.36. The normalized spacial score (nSPS) is 15.6. The Kier molecular flexibility index (Phi) is 3.58. The van der Waals surface area contributed by atoms with Crippen molar-refractivity contribution in [2.24, 2.45) is 5.73 Å². The van der Waals surface area contributed by atoms with Crippen LogP contribution in [0.15, 0.2) is 60.7 Å². The predicted molar refractivity (Wildman–Crippen MR) is 103 cm³/mol. The lowest BCUT2D eigenvalue weighted by Crippen LogP contribution is -2.10. The number of benzene rings is 2. The molecule has 2 N–H and O–H groups in total. The number of rotatable bonds is 3. The minimum Gasteiger partial charge on any atom is -0.491 e. The molecule has 1 atom stereocenters. The third kappa shape index (κ3) is 2.53. The Hall–Kier alpha value is -3.38. The van der Waals surface area contributed by atoms with E-state index in [4.69, 9.17) is 20.2 Å². The number of aromatic nitrogens is 3. The van der Waals surface area contributed by atoms with E-state index in [0.29, 0.717) is 12.5 Å². The molecule has 0 aliphatic carbocycles. The lowest BCUT2D eigenvalue weighted by Gasteiger charge is -2.07. The number of imidazole rings is 1. The van der Waals surface area contributed by atoms with Gasteiger partial charge < -0.3 is 15.2 Å². The first kappa shape index (κ1) is 15.8. The zero-order chi connectivity index (χ0) is 18.4. The van der Waals surface area contributed by atoms with Crippen molar-refractivity contribution in [3.8, 4) is 34.1 Å². The highest BCUT2D eigenvalue weighted by atomic mass is 16.5. The van der Waals surface area contributed by atoms with E-state index in [2.05, 4.69) is 5.10 Å². The van der Waals surface area contributed by atoms with Crippen LogP contribution in [0.5, 0.6) is 11.6 Å². The molecule has 0 saturated heterocycles. The van der Waals surface area contributed by atoms with Crippen LogP contribution in [0, 0.1) is 0 Å². The second-order valence-corrected chi connectivity index (χ2v) is 6.49. The fourth-order valence-corrected chi connectivity index (χ4v) is 3.46. The maximum Gasteiger partial charge on any atom is 0.231 e. The Morgan fingerprint density at radius 1 is 1.07 bits per heavy atom. The summed E-state index contributed by atoms with van der Waals surface area (Å²) >= 11 is 0. The molecule has 1 unspecified atom stereocenters. The molecule has 4 aromatic rings. The first-order valence-corrected chi connectivity index (χ1v) is 8.76. The molecule has 0 saturated carbocycles.